The quantitative estimate of drug-likeness (QED) is 0.203. The summed E-state index contributed by atoms with van der Waals surface area (Å²) in [7, 11) is -4.57. The summed E-state index contributed by atoms with van der Waals surface area (Å²) in [6.45, 7) is -0.613. The SMILES string of the molecule is O=C(COC(=O)c1c(I)cc(I)cc1I)Oc1ccc(S(=O)(=O)[O-])cc1. The molecule has 0 amide bonds. The zero-order valence-corrected chi connectivity index (χ0v) is 19.9. The average Bonchev–Trinajstić information content (AvgIpc) is 2.51. The second kappa shape index (κ2) is 9.11. The van der Waals surface area contributed by atoms with E-state index in [1.165, 1.54) is 0 Å². The summed E-state index contributed by atoms with van der Waals surface area (Å²) in [6, 6.07) is 7.99. The van der Waals surface area contributed by atoms with Crippen LogP contribution in [-0.2, 0) is 19.6 Å². The summed E-state index contributed by atoms with van der Waals surface area (Å²) >= 11 is 6.15. The first-order valence-corrected chi connectivity index (χ1v) is 11.3. The molecule has 2 rings (SSSR count). The molecule has 0 spiro atoms. The van der Waals surface area contributed by atoms with Crippen molar-refractivity contribution in [2.45, 2.75) is 4.90 Å². The maximum atomic E-state index is 12.2. The van der Waals surface area contributed by atoms with Gasteiger partial charge in [0.2, 0.25) is 0 Å². The Hall–Kier alpha value is -0.520. The molecular formula is C15H8I3O7S-. The molecule has 138 valence electrons. The number of rotatable bonds is 5. The van der Waals surface area contributed by atoms with Crippen LogP contribution in [0.25, 0.3) is 0 Å². The van der Waals surface area contributed by atoms with E-state index in [9.17, 15) is 22.6 Å². The fraction of sp³-hybridized carbons (Fsp3) is 0.0667. The lowest BCUT2D eigenvalue weighted by Crippen LogP contribution is -2.20. The third-order valence-corrected chi connectivity index (χ3v) is 6.05. The van der Waals surface area contributed by atoms with Gasteiger partial charge in [-0.05, 0) is 104 Å². The lowest BCUT2D eigenvalue weighted by molar-refractivity contribution is -0.137. The fourth-order valence-electron chi connectivity index (χ4n) is 1.77. The first kappa shape index (κ1) is 21.8. The summed E-state index contributed by atoms with van der Waals surface area (Å²) in [4.78, 5) is 23.5. The zero-order valence-electron chi connectivity index (χ0n) is 12.6. The third kappa shape index (κ3) is 6.00. The number of esters is 2. The highest BCUT2D eigenvalue weighted by Gasteiger charge is 2.18. The molecule has 0 aliphatic rings. The predicted molar refractivity (Wildman–Crippen MR) is 115 cm³/mol. The van der Waals surface area contributed by atoms with Crippen molar-refractivity contribution in [3.63, 3.8) is 0 Å². The Morgan fingerprint density at radius 1 is 1.00 bits per heavy atom. The Morgan fingerprint density at radius 2 is 1.54 bits per heavy atom. The highest BCUT2D eigenvalue weighted by molar-refractivity contribution is 14.1. The molecule has 2 aromatic carbocycles. The van der Waals surface area contributed by atoms with Crippen molar-refractivity contribution >= 4 is 89.8 Å². The highest BCUT2D eigenvalue weighted by atomic mass is 127. The maximum Gasteiger partial charge on any atom is 0.349 e. The van der Waals surface area contributed by atoms with Gasteiger partial charge in [-0.2, -0.15) is 0 Å². The number of carbonyl (C=O) groups is 2. The van der Waals surface area contributed by atoms with Gasteiger partial charge in [0.1, 0.15) is 15.9 Å². The molecule has 0 atom stereocenters. The minimum absolute atomic E-state index is 0.0249. The van der Waals surface area contributed by atoms with Crippen molar-refractivity contribution in [3.8, 4) is 5.75 Å². The van der Waals surface area contributed by atoms with E-state index in [2.05, 4.69) is 22.6 Å². The van der Waals surface area contributed by atoms with Gasteiger partial charge in [-0.25, -0.2) is 18.0 Å². The number of hydrogen-bond donors (Lipinski definition) is 0. The molecule has 0 bridgehead atoms. The van der Waals surface area contributed by atoms with Crippen molar-refractivity contribution in [3.05, 3.63) is 52.7 Å². The second-order valence-corrected chi connectivity index (χ2v) is 9.67. The Kier molecular flexibility index (Phi) is 7.63. The molecule has 0 aliphatic heterocycles. The Labute approximate surface area is 190 Å². The monoisotopic (exact) mass is 713 g/mol. The van der Waals surface area contributed by atoms with E-state index in [0.717, 1.165) is 27.8 Å². The van der Waals surface area contributed by atoms with Crippen LogP contribution < -0.4 is 4.74 Å². The van der Waals surface area contributed by atoms with Crippen molar-refractivity contribution < 1.29 is 32.0 Å². The van der Waals surface area contributed by atoms with Crippen molar-refractivity contribution in [1.82, 2.24) is 0 Å². The van der Waals surface area contributed by atoms with Crippen LogP contribution in [0.4, 0.5) is 0 Å². The van der Waals surface area contributed by atoms with Crippen LogP contribution in [0.3, 0.4) is 0 Å². The fourth-order valence-corrected chi connectivity index (χ4v) is 6.26. The van der Waals surface area contributed by atoms with Gasteiger partial charge in [0.05, 0.1) is 10.5 Å². The van der Waals surface area contributed by atoms with E-state index in [1.807, 2.05) is 57.3 Å². The largest absolute Gasteiger partial charge is 0.744 e. The molecule has 2 aromatic rings. The van der Waals surface area contributed by atoms with Gasteiger partial charge in [0, 0.05) is 10.7 Å². The molecule has 26 heavy (non-hydrogen) atoms. The van der Waals surface area contributed by atoms with Gasteiger partial charge < -0.3 is 14.0 Å². The molecule has 7 nitrogen and oxygen atoms in total. The first-order chi connectivity index (χ1) is 12.1. The molecule has 11 heteroatoms. The minimum Gasteiger partial charge on any atom is -0.744 e. The lowest BCUT2D eigenvalue weighted by atomic mass is 10.2. The summed E-state index contributed by atoms with van der Waals surface area (Å²) < 4.78 is 44.8. The van der Waals surface area contributed by atoms with Crippen LogP contribution in [-0.4, -0.2) is 31.5 Å². The van der Waals surface area contributed by atoms with Crippen LogP contribution in [0.2, 0.25) is 0 Å². The number of ether oxygens (including phenoxy) is 2. The number of benzene rings is 2. The summed E-state index contributed by atoms with van der Waals surface area (Å²) in [6.07, 6.45) is 0. The van der Waals surface area contributed by atoms with E-state index in [1.54, 1.807) is 0 Å². The van der Waals surface area contributed by atoms with E-state index in [0.29, 0.717) is 12.7 Å². The lowest BCUT2D eigenvalue weighted by Gasteiger charge is -2.10. The van der Waals surface area contributed by atoms with E-state index in [-0.39, 0.29) is 5.75 Å². The second-order valence-electron chi connectivity index (χ2n) is 4.72. The third-order valence-electron chi connectivity index (χ3n) is 2.88. The van der Waals surface area contributed by atoms with E-state index in [4.69, 9.17) is 9.47 Å². The standard InChI is InChI=1S/C15H9I3O7S/c16-8-5-11(17)14(12(18)6-8)15(20)24-7-13(19)25-9-1-3-10(4-2-9)26(21,22)23/h1-6H,7H2,(H,21,22,23)/p-1. The topological polar surface area (TPSA) is 110 Å². The Morgan fingerprint density at radius 3 is 2.04 bits per heavy atom. The molecule has 0 saturated carbocycles. The molecule has 0 heterocycles. The molecule has 0 N–H and O–H groups in total. The van der Waals surface area contributed by atoms with Crippen LogP contribution in [0, 0.1) is 10.7 Å². The summed E-state index contributed by atoms with van der Waals surface area (Å²) in [5, 5.41) is 0. The van der Waals surface area contributed by atoms with Crippen molar-refractivity contribution in [2.24, 2.45) is 0 Å². The summed E-state index contributed by atoms with van der Waals surface area (Å²) in [5.41, 5.74) is 0.365. The van der Waals surface area contributed by atoms with Gasteiger partial charge in [-0.15, -0.1) is 0 Å². The molecule has 0 radical (unpaired) electrons. The van der Waals surface area contributed by atoms with Crippen molar-refractivity contribution in [1.29, 1.82) is 0 Å². The molecule has 0 aromatic heterocycles. The average molecular weight is 713 g/mol. The predicted octanol–water partition coefficient (Wildman–Crippen LogP) is 3.17. The van der Waals surface area contributed by atoms with Crippen molar-refractivity contribution in [2.75, 3.05) is 6.61 Å². The van der Waals surface area contributed by atoms with Crippen LogP contribution in [0.1, 0.15) is 10.4 Å². The summed E-state index contributed by atoms with van der Waals surface area (Å²) in [5.74, 6) is -1.47. The van der Waals surface area contributed by atoms with Crippen LogP contribution in [0.5, 0.6) is 5.75 Å². The van der Waals surface area contributed by atoms with E-state index < -0.39 is 33.6 Å². The smallest absolute Gasteiger partial charge is 0.349 e. The first-order valence-electron chi connectivity index (χ1n) is 6.66. The Balaban J connectivity index is 1.98. The molecule has 0 fully saturated rings. The maximum absolute atomic E-state index is 12.2. The van der Waals surface area contributed by atoms with Gasteiger partial charge in [0.15, 0.2) is 6.61 Å². The van der Waals surface area contributed by atoms with Gasteiger partial charge >= 0.3 is 11.9 Å². The number of halogens is 3. The molecular weight excluding hydrogens is 705 g/mol. The van der Waals surface area contributed by atoms with Gasteiger partial charge in [-0.1, -0.05) is 0 Å². The highest BCUT2D eigenvalue weighted by Crippen LogP contribution is 2.23. The van der Waals surface area contributed by atoms with Gasteiger partial charge in [-0.3, -0.25) is 0 Å². The molecule has 0 aliphatic carbocycles. The van der Waals surface area contributed by atoms with E-state index >= 15 is 0 Å². The minimum atomic E-state index is -4.57. The van der Waals surface area contributed by atoms with Gasteiger partial charge in [0.25, 0.3) is 0 Å². The Bertz CT molecular complexity index is 933. The number of carbonyl (C=O) groups excluding carboxylic acids is 2. The zero-order chi connectivity index (χ0) is 19.5. The number of hydrogen-bond acceptors (Lipinski definition) is 7. The molecule has 0 unspecified atom stereocenters. The normalized spacial score (nSPS) is 11.1. The molecule has 0 saturated heterocycles. The van der Waals surface area contributed by atoms with Crippen LogP contribution >= 0.6 is 67.8 Å². The van der Waals surface area contributed by atoms with Crippen LogP contribution in [0.15, 0.2) is 41.3 Å².